The highest BCUT2D eigenvalue weighted by atomic mass is 32.2. The van der Waals surface area contributed by atoms with Gasteiger partial charge in [-0.15, -0.1) is 11.8 Å². The molecule has 1 N–H and O–H groups in total. The second-order valence-electron chi connectivity index (χ2n) is 6.95. The molecule has 0 saturated carbocycles. The van der Waals surface area contributed by atoms with Crippen molar-refractivity contribution in [2.45, 2.75) is 62.2 Å². The minimum atomic E-state index is -0.0455. The summed E-state index contributed by atoms with van der Waals surface area (Å²) in [5.41, 5.74) is 2.95. The summed E-state index contributed by atoms with van der Waals surface area (Å²) < 4.78 is 5.59. The molecule has 1 heterocycles. The molecule has 3 nitrogen and oxygen atoms in total. The third-order valence-corrected chi connectivity index (χ3v) is 6.26. The van der Waals surface area contributed by atoms with Crippen LogP contribution in [0.1, 0.15) is 44.2 Å². The van der Waals surface area contributed by atoms with Gasteiger partial charge in [0.15, 0.2) is 0 Å². The van der Waals surface area contributed by atoms with E-state index in [0.29, 0.717) is 12.5 Å². The molecule has 1 aromatic carbocycles. The summed E-state index contributed by atoms with van der Waals surface area (Å²) >= 11 is 1.70. The van der Waals surface area contributed by atoms with Crippen molar-refractivity contribution in [3.63, 3.8) is 0 Å². The van der Waals surface area contributed by atoms with Gasteiger partial charge in [-0.2, -0.15) is 0 Å². The van der Waals surface area contributed by atoms with E-state index in [1.807, 2.05) is 0 Å². The van der Waals surface area contributed by atoms with E-state index in [0.717, 1.165) is 19.4 Å². The molecular weight excluding hydrogens is 306 g/mol. The number of ether oxygens (including phenoxy) is 1. The summed E-state index contributed by atoms with van der Waals surface area (Å²) in [4.78, 5) is 13.8. The molecule has 2 unspecified atom stereocenters. The van der Waals surface area contributed by atoms with E-state index in [2.05, 4.69) is 37.4 Å². The number of thioether (sulfide) groups is 1. The lowest BCUT2D eigenvalue weighted by Gasteiger charge is -2.21. The Morgan fingerprint density at radius 2 is 2.13 bits per heavy atom. The molecule has 2 atom stereocenters. The average molecular weight is 333 g/mol. The van der Waals surface area contributed by atoms with E-state index in [9.17, 15) is 4.79 Å². The van der Waals surface area contributed by atoms with Crippen LogP contribution in [0.25, 0.3) is 0 Å². The molecule has 1 aromatic rings. The first-order valence-electron chi connectivity index (χ1n) is 8.81. The number of carbonyl (C=O) groups excluding carboxylic acids is 1. The molecular formula is C19H27NO2S. The number of rotatable bonds is 6. The number of amides is 1. The Balaban J connectivity index is 1.60. The van der Waals surface area contributed by atoms with Gasteiger partial charge in [0.2, 0.25) is 5.91 Å². The Bertz CT molecular complexity index is 552. The molecule has 0 spiro atoms. The van der Waals surface area contributed by atoms with E-state index in [4.69, 9.17) is 4.74 Å². The zero-order valence-electron chi connectivity index (χ0n) is 14.1. The van der Waals surface area contributed by atoms with Crippen LogP contribution in [0.3, 0.4) is 0 Å². The lowest BCUT2D eigenvalue weighted by atomic mass is 10.1. The fourth-order valence-electron chi connectivity index (χ4n) is 3.38. The minimum Gasteiger partial charge on any atom is -0.376 e. The lowest BCUT2D eigenvalue weighted by Crippen LogP contribution is -2.39. The van der Waals surface area contributed by atoms with Crippen molar-refractivity contribution < 1.29 is 9.53 Å². The fourth-order valence-corrected chi connectivity index (χ4v) is 4.49. The van der Waals surface area contributed by atoms with Crippen LogP contribution < -0.4 is 5.32 Å². The maximum absolute atomic E-state index is 12.6. The smallest absolute Gasteiger partial charge is 0.233 e. The molecule has 1 aliphatic heterocycles. The molecule has 0 aromatic heterocycles. The zero-order chi connectivity index (χ0) is 16.2. The van der Waals surface area contributed by atoms with Crippen molar-refractivity contribution in [3.8, 4) is 0 Å². The van der Waals surface area contributed by atoms with E-state index >= 15 is 0 Å². The average Bonchev–Trinajstić information content (AvgIpc) is 3.20. The van der Waals surface area contributed by atoms with Crippen LogP contribution in [0.2, 0.25) is 0 Å². The van der Waals surface area contributed by atoms with Crippen LogP contribution in [0, 0.1) is 5.92 Å². The van der Waals surface area contributed by atoms with Gasteiger partial charge >= 0.3 is 0 Å². The van der Waals surface area contributed by atoms with E-state index in [1.165, 1.54) is 35.3 Å². The molecule has 1 amide bonds. The van der Waals surface area contributed by atoms with Gasteiger partial charge in [0.1, 0.15) is 0 Å². The highest BCUT2D eigenvalue weighted by Gasteiger charge is 2.25. The van der Waals surface area contributed by atoms with E-state index in [1.54, 1.807) is 11.8 Å². The zero-order valence-corrected chi connectivity index (χ0v) is 15.0. The second kappa shape index (κ2) is 7.71. The van der Waals surface area contributed by atoms with Gasteiger partial charge in [-0.3, -0.25) is 4.79 Å². The number of benzene rings is 1. The number of fused-ring (bicyclic) bond motifs is 1. The second-order valence-corrected chi connectivity index (χ2v) is 8.16. The van der Waals surface area contributed by atoms with Gasteiger partial charge in [0, 0.05) is 18.0 Å². The molecule has 1 saturated heterocycles. The molecule has 1 fully saturated rings. The Morgan fingerprint density at radius 3 is 2.87 bits per heavy atom. The third kappa shape index (κ3) is 4.30. The topological polar surface area (TPSA) is 38.3 Å². The van der Waals surface area contributed by atoms with Crippen molar-refractivity contribution in [2.75, 3.05) is 13.2 Å². The lowest BCUT2D eigenvalue weighted by molar-refractivity contribution is -0.121. The highest BCUT2D eigenvalue weighted by molar-refractivity contribution is 8.00. The SMILES string of the molecule is CC(C)C(Sc1ccc2c(c1)CCC2)C(=O)NCC1CCCO1. The Hall–Kier alpha value is -1.00. The number of hydrogen-bond donors (Lipinski definition) is 1. The maximum Gasteiger partial charge on any atom is 0.233 e. The summed E-state index contributed by atoms with van der Waals surface area (Å²) in [5, 5.41) is 3.05. The van der Waals surface area contributed by atoms with Gasteiger partial charge in [0.25, 0.3) is 0 Å². The van der Waals surface area contributed by atoms with Gasteiger partial charge in [0.05, 0.1) is 11.4 Å². The molecule has 126 valence electrons. The first-order valence-corrected chi connectivity index (χ1v) is 9.69. The first kappa shape index (κ1) is 16.8. The molecule has 23 heavy (non-hydrogen) atoms. The summed E-state index contributed by atoms with van der Waals surface area (Å²) in [7, 11) is 0. The number of carbonyl (C=O) groups is 1. The van der Waals surface area contributed by atoms with Crippen molar-refractivity contribution in [3.05, 3.63) is 29.3 Å². The minimum absolute atomic E-state index is 0.0455. The summed E-state index contributed by atoms with van der Waals surface area (Å²) in [6.45, 7) is 5.72. The number of nitrogens with one attached hydrogen (secondary N) is 1. The normalized spacial score (nSPS) is 21.4. The van der Waals surface area contributed by atoms with E-state index < -0.39 is 0 Å². The third-order valence-electron chi connectivity index (χ3n) is 4.72. The number of aryl methyl sites for hydroxylation is 2. The first-order chi connectivity index (χ1) is 11.1. The Morgan fingerprint density at radius 1 is 1.30 bits per heavy atom. The standard InChI is InChI=1S/C19H27NO2S/c1-13(2)18(19(21)20-12-16-7-4-10-22-16)23-17-9-8-14-5-3-6-15(14)11-17/h8-9,11,13,16,18H,3-7,10,12H2,1-2H3,(H,20,21). The van der Waals surface area contributed by atoms with Crippen LogP contribution in [0.4, 0.5) is 0 Å². The summed E-state index contributed by atoms with van der Waals surface area (Å²) in [5.74, 6) is 0.443. The Labute approximate surface area is 143 Å². The monoisotopic (exact) mass is 333 g/mol. The molecule has 3 rings (SSSR count). The van der Waals surface area contributed by atoms with Crippen molar-refractivity contribution >= 4 is 17.7 Å². The van der Waals surface area contributed by atoms with Crippen LogP contribution in [-0.2, 0) is 22.4 Å². The van der Waals surface area contributed by atoms with Gasteiger partial charge in [-0.25, -0.2) is 0 Å². The van der Waals surface area contributed by atoms with Crippen molar-refractivity contribution in [1.29, 1.82) is 0 Å². The van der Waals surface area contributed by atoms with Crippen LogP contribution in [0.5, 0.6) is 0 Å². The van der Waals surface area contributed by atoms with Crippen molar-refractivity contribution in [2.24, 2.45) is 5.92 Å². The maximum atomic E-state index is 12.6. The van der Waals surface area contributed by atoms with Gasteiger partial charge < -0.3 is 10.1 Å². The van der Waals surface area contributed by atoms with Crippen molar-refractivity contribution in [1.82, 2.24) is 5.32 Å². The summed E-state index contributed by atoms with van der Waals surface area (Å²) in [6, 6.07) is 6.71. The molecule has 4 heteroatoms. The molecule has 0 radical (unpaired) electrons. The van der Waals surface area contributed by atoms with Gasteiger partial charge in [-0.1, -0.05) is 19.9 Å². The molecule has 0 bridgehead atoms. The number of hydrogen-bond acceptors (Lipinski definition) is 3. The predicted octanol–water partition coefficient (Wildman–Crippen LogP) is 3.59. The Kier molecular flexibility index (Phi) is 5.65. The van der Waals surface area contributed by atoms with Crippen LogP contribution in [0.15, 0.2) is 23.1 Å². The fraction of sp³-hybridized carbons (Fsp3) is 0.632. The quantitative estimate of drug-likeness (QED) is 0.809. The van der Waals surface area contributed by atoms with Gasteiger partial charge in [-0.05, 0) is 61.3 Å². The largest absolute Gasteiger partial charge is 0.376 e. The van der Waals surface area contributed by atoms with Crippen LogP contribution in [-0.4, -0.2) is 30.4 Å². The predicted molar refractivity (Wildman–Crippen MR) is 94.9 cm³/mol. The highest BCUT2D eigenvalue weighted by Crippen LogP contribution is 2.32. The summed E-state index contributed by atoms with van der Waals surface area (Å²) in [6.07, 6.45) is 6.02. The van der Waals surface area contributed by atoms with E-state index in [-0.39, 0.29) is 17.3 Å². The molecule has 1 aliphatic carbocycles. The van der Waals surface area contributed by atoms with Crippen LogP contribution >= 0.6 is 11.8 Å². The molecule has 2 aliphatic rings.